The van der Waals surface area contributed by atoms with Crippen LogP contribution in [0.4, 0.5) is 8.78 Å². The maximum absolute atomic E-state index is 14.1. The number of rotatable bonds is 7. The Kier molecular flexibility index (Phi) is 8.38. The molecule has 3 N–H and O–H groups in total. The summed E-state index contributed by atoms with van der Waals surface area (Å²) in [6, 6.07) is 1.68. The number of amides is 2. The third kappa shape index (κ3) is 5.01. The summed E-state index contributed by atoms with van der Waals surface area (Å²) in [6.45, 7) is 0.775. The van der Waals surface area contributed by atoms with Gasteiger partial charge in [-0.25, -0.2) is 8.78 Å². The third-order valence-corrected chi connectivity index (χ3v) is 9.15. The SMILES string of the molecule is COCCNC(=O)C1CCC2(CC1)N(C)C(=O)C1C(=O)C(=O)C(C(=N)SC(=N)Cc3ccc(F)cc3F)=C[N+]12C. The van der Waals surface area contributed by atoms with Gasteiger partial charge >= 0.3 is 0 Å². The highest BCUT2D eigenvalue weighted by atomic mass is 32.2. The molecule has 1 aromatic carbocycles. The summed E-state index contributed by atoms with van der Waals surface area (Å²) in [6.07, 6.45) is 2.95. The fourth-order valence-electron chi connectivity index (χ4n) is 6.11. The van der Waals surface area contributed by atoms with E-state index in [-0.39, 0.29) is 44.0 Å². The highest BCUT2D eigenvalue weighted by Gasteiger charge is 2.70. The first-order valence-corrected chi connectivity index (χ1v) is 13.7. The number of ether oxygens (including phenoxy) is 1. The molecule has 2 unspecified atom stereocenters. The predicted octanol–water partition coefficient (Wildman–Crippen LogP) is 2.17. The van der Waals surface area contributed by atoms with Crippen molar-refractivity contribution < 1.29 is 37.2 Å². The van der Waals surface area contributed by atoms with Crippen molar-refractivity contribution in [3.63, 3.8) is 0 Å². The smallest absolute Gasteiger partial charge is 0.294 e. The molecule has 1 spiro atoms. The van der Waals surface area contributed by atoms with Gasteiger partial charge in [-0.05, 0) is 24.5 Å². The first-order valence-electron chi connectivity index (χ1n) is 12.9. The van der Waals surface area contributed by atoms with E-state index in [0.29, 0.717) is 56.7 Å². The Bertz CT molecular complexity index is 1330. The van der Waals surface area contributed by atoms with Crippen LogP contribution in [-0.2, 0) is 30.3 Å². The molecular weight excluding hydrogens is 544 g/mol. The summed E-state index contributed by atoms with van der Waals surface area (Å²) in [7, 11) is 4.83. The molecule has 2 amide bonds. The number of likely N-dealkylation sites (N-methyl/N-ethyl adjacent to an activating group) is 2. The molecule has 2 fully saturated rings. The quantitative estimate of drug-likeness (QED) is 0.114. The molecule has 40 heavy (non-hydrogen) atoms. The number of ketones is 2. The summed E-state index contributed by atoms with van der Waals surface area (Å²) in [5.74, 6) is -4.35. The number of benzene rings is 1. The highest BCUT2D eigenvalue weighted by Crippen LogP contribution is 2.50. The van der Waals surface area contributed by atoms with Crippen LogP contribution in [0.5, 0.6) is 0 Å². The second-order valence-electron chi connectivity index (χ2n) is 10.5. The second-order valence-corrected chi connectivity index (χ2v) is 11.6. The molecule has 214 valence electrons. The second kappa shape index (κ2) is 11.3. The average molecular weight is 577 g/mol. The number of carbonyl (C=O) groups is 4. The van der Waals surface area contributed by atoms with Crippen molar-refractivity contribution in [1.29, 1.82) is 10.8 Å². The number of hydrogen-bond donors (Lipinski definition) is 3. The Morgan fingerprint density at radius 1 is 1.23 bits per heavy atom. The van der Waals surface area contributed by atoms with Crippen molar-refractivity contribution in [3.8, 4) is 0 Å². The molecule has 1 aromatic rings. The van der Waals surface area contributed by atoms with E-state index >= 15 is 0 Å². The van der Waals surface area contributed by atoms with E-state index < -0.39 is 40.8 Å². The van der Waals surface area contributed by atoms with E-state index in [9.17, 15) is 28.0 Å². The zero-order chi connectivity index (χ0) is 29.4. The molecule has 1 aliphatic carbocycles. The van der Waals surface area contributed by atoms with Gasteiger partial charge in [0.05, 0.1) is 18.7 Å². The number of nitrogens with one attached hydrogen (secondary N) is 3. The molecule has 4 rings (SSSR count). The fourth-order valence-corrected chi connectivity index (χ4v) is 6.84. The molecule has 2 heterocycles. The lowest BCUT2D eigenvalue weighted by Crippen LogP contribution is -2.67. The summed E-state index contributed by atoms with van der Waals surface area (Å²) >= 11 is 0.596. The van der Waals surface area contributed by atoms with Gasteiger partial charge in [-0.2, -0.15) is 0 Å². The lowest BCUT2D eigenvalue weighted by Gasteiger charge is -2.50. The first kappa shape index (κ1) is 29.7. The van der Waals surface area contributed by atoms with Crippen molar-refractivity contribution in [2.75, 3.05) is 34.4 Å². The number of methoxy groups -OCH3 is 1. The Morgan fingerprint density at radius 2 is 1.90 bits per heavy atom. The molecule has 2 atom stereocenters. The summed E-state index contributed by atoms with van der Waals surface area (Å²) in [4.78, 5) is 53.9. The molecule has 1 saturated carbocycles. The van der Waals surface area contributed by atoms with Gasteiger partial charge in [0, 0.05) is 51.9 Å². The van der Waals surface area contributed by atoms with Gasteiger partial charge in [-0.1, -0.05) is 17.8 Å². The molecule has 0 radical (unpaired) electrons. The largest absolute Gasteiger partial charge is 0.383 e. The van der Waals surface area contributed by atoms with Crippen LogP contribution >= 0.6 is 11.8 Å². The number of nitrogens with zero attached hydrogens (tertiary/aromatic N) is 2. The zero-order valence-corrected chi connectivity index (χ0v) is 23.3. The van der Waals surface area contributed by atoms with Gasteiger partial charge in [0.15, 0.2) is 5.66 Å². The molecule has 0 bridgehead atoms. The first-order chi connectivity index (χ1) is 18.9. The Morgan fingerprint density at radius 3 is 2.52 bits per heavy atom. The Balaban J connectivity index is 1.57. The van der Waals surface area contributed by atoms with Crippen LogP contribution in [0.15, 0.2) is 30.0 Å². The zero-order valence-electron chi connectivity index (χ0n) is 22.5. The van der Waals surface area contributed by atoms with Gasteiger partial charge in [0.1, 0.15) is 28.5 Å². The minimum absolute atomic E-state index is 0.0551. The van der Waals surface area contributed by atoms with E-state index in [0.717, 1.165) is 6.07 Å². The minimum atomic E-state index is -1.29. The van der Waals surface area contributed by atoms with Gasteiger partial charge in [0.25, 0.3) is 11.7 Å². The molecule has 3 aliphatic rings. The Labute approximate surface area is 234 Å². The standard InChI is InChI=1S/C27H31F2N5O5S/c1-33-26(38)21-23(36)22(35)18(24(31)40-20(30)12-16-4-5-17(28)13-19(16)29)14-34(21,2)27(33)8-6-15(7-9-27)25(37)32-10-11-39-3/h4-5,13-15,21,30-31H,6-12H2,1-3H3/p+1. The average Bonchev–Trinajstić information content (AvgIpc) is 3.06. The number of quaternary nitrogens is 1. The minimum Gasteiger partial charge on any atom is -0.383 e. The molecular formula is C27H32F2N5O5S+. The van der Waals surface area contributed by atoms with Crippen LogP contribution in [-0.4, -0.2) is 88.9 Å². The van der Waals surface area contributed by atoms with E-state index in [1.54, 1.807) is 21.2 Å². The van der Waals surface area contributed by atoms with Gasteiger partial charge in [0.2, 0.25) is 17.7 Å². The van der Waals surface area contributed by atoms with Crippen molar-refractivity contribution in [1.82, 2.24) is 10.2 Å². The van der Waals surface area contributed by atoms with Crippen molar-refractivity contribution >= 4 is 45.2 Å². The van der Waals surface area contributed by atoms with Gasteiger partial charge < -0.3 is 10.1 Å². The van der Waals surface area contributed by atoms with Crippen molar-refractivity contribution in [2.24, 2.45) is 5.92 Å². The number of Topliss-reactive ketones (excluding diaryl/α,β-unsaturated/α-hetero) is 2. The van der Waals surface area contributed by atoms with Crippen LogP contribution in [0.25, 0.3) is 0 Å². The lowest BCUT2D eigenvalue weighted by molar-refractivity contribution is -0.921. The predicted molar refractivity (Wildman–Crippen MR) is 144 cm³/mol. The van der Waals surface area contributed by atoms with E-state index in [1.165, 1.54) is 17.2 Å². The van der Waals surface area contributed by atoms with Gasteiger partial charge in [-0.15, -0.1) is 0 Å². The fraction of sp³-hybridized carbons (Fsp3) is 0.481. The van der Waals surface area contributed by atoms with Crippen molar-refractivity contribution in [2.45, 2.75) is 43.8 Å². The summed E-state index contributed by atoms with van der Waals surface area (Å²) in [5, 5.41) is 19.1. The van der Waals surface area contributed by atoms with E-state index in [2.05, 4.69) is 5.32 Å². The molecule has 13 heteroatoms. The number of hydrogen-bond acceptors (Lipinski definition) is 8. The number of thioether (sulfide) groups is 1. The normalized spacial score (nSPS) is 28.0. The summed E-state index contributed by atoms with van der Waals surface area (Å²) in [5.41, 5.74) is -1.07. The van der Waals surface area contributed by atoms with Crippen LogP contribution in [0, 0.1) is 28.4 Å². The van der Waals surface area contributed by atoms with Crippen LogP contribution < -0.4 is 5.32 Å². The molecule has 1 saturated heterocycles. The topological polar surface area (TPSA) is 140 Å². The van der Waals surface area contributed by atoms with Crippen LogP contribution in [0.3, 0.4) is 0 Å². The Hall–Kier alpha value is -3.29. The van der Waals surface area contributed by atoms with E-state index in [1.807, 2.05) is 0 Å². The maximum atomic E-state index is 14.1. The van der Waals surface area contributed by atoms with Crippen molar-refractivity contribution in [3.05, 3.63) is 47.2 Å². The highest BCUT2D eigenvalue weighted by molar-refractivity contribution is 8.26. The molecule has 0 aromatic heterocycles. The maximum Gasteiger partial charge on any atom is 0.294 e. The molecule has 10 nitrogen and oxygen atoms in total. The summed E-state index contributed by atoms with van der Waals surface area (Å²) < 4.78 is 32.0. The van der Waals surface area contributed by atoms with E-state index in [4.69, 9.17) is 15.6 Å². The number of halogens is 2. The molecule has 2 aliphatic heterocycles. The number of fused-ring (bicyclic) bond motifs is 2. The monoisotopic (exact) mass is 576 g/mol. The number of carbonyl (C=O) groups excluding carboxylic acids is 4. The third-order valence-electron chi connectivity index (χ3n) is 8.33. The van der Waals surface area contributed by atoms with Crippen LogP contribution in [0.1, 0.15) is 31.2 Å². The van der Waals surface area contributed by atoms with Crippen LogP contribution in [0.2, 0.25) is 0 Å². The lowest BCUT2D eigenvalue weighted by atomic mass is 9.78. The van der Waals surface area contributed by atoms with Gasteiger partial charge in [-0.3, -0.25) is 39.4 Å².